The van der Waals surface area contributed by atoms with E-state index < -0.39 is 0 Å². The molecule has 0 saturated heterocycles. The molecule has 3 aromatic rings. The minimum absolute atomic E-state index is 0.143. The number of aryl methyl sites for hydroxylation is 2. The van der Waals surface area contributed by atoms with Gasteiger partial charge in [0.05, 0.1) is 6.26 Å². The fraction of sp³-hybridized carbons (Fsp3) is 0.167. The van der Waals surface area contributed by atoms with Gasteiger partial charge in [-0.25, -0.2) is 0 Å². The molecule has 0 aliphatic rings. The van der Waals surface area contributed by atoms with Crippen molar-refractivity contribution in [1.82, 2.24) is 10.6 Å². The summed E-state index contributed by atoms with van der Waals surface area (Å²) in [5, 5.41) is 5.56. The smallest absolute Gasteiger partial charge is 0.267 e. The third-order valence-electron chi connectivity index (χ3n) is 4.37. The van der Waals surface area contributed by atoms with Crippen molar-refractivity contribution in [2.24, 2.45) is 0 Å². The zero-order chi connectivity index (χ0) is 20.5. The number of hydrogen-bond donors (Lipinski definition) is 2. The van der Waals surface area contributed by atoms with Crippen LogP contribution < -0.4 is 10.6 Å². The van der Waals surface area contributed by atoms with Crippen LogP contribution in [0.3, 0.4) is 0 Å². The lowest BCUT2D eigenvalue weighted by molar-refractivity contribution is -0.117. The molecule has 2 N–H and O–H groups in total. The van der Waals surface area contributed by atoms with Crippen molar-refractivity contribution in [2.45, 2.75) is 19.8 Å². The van der Waals surface area contributed by atoms with Crippen LogP contribution in [-0.4, -0.2) is 18.4 Å². The third-order valence-corrected chi connectivity index (χ3v) is 4.37. The van der Waals surface area contributed by atoms with Crippen molar-refractivity contribution in [3.63, 3.8) is 0 Å². The van der Waals surface area contributed by atoms with Crippen LogP contribution in [0.4, 0.5) is 0 Å². The molecule has 2 amide bonds. The zero-order valence-electron chi connectivity index (χ0n) is 16.4. The first kappa shape index (κ1) is 20.1. The van der Waals surface area contributed by atoms with Gasteiger partial charge in [0.25, 0.3) is 11.8 Å². The van der Waals surface area contributed by atoms with E-state index in [0.29, 0.717) is 17.9 Å². The number of carbonyl (C=O) groups is 2. The Morgan fingerprint density at radius 2 is 1.83 bits per heavy atom. The summed E-state index contributed by atoms with van der Waals surface area (Å²) in [7, 11) is 0. The molecule has 0 fully saturated rings. The van der Waals surface area contributed by atoms with Crippen molar-refractivity contribution >= 4 is 17.9 Å². The van der Waals surface area contributed by atoms with Gasteiger partial charge >= 0.3 is 0 Å². The molecule has 0 saturated carbocycles. The monoisotopic (exact) mass is 388 g/mol. The fourth-order valence-electron chi connectivity index (χ4n) is 2.92. The van der Waals surface area contributed by atoms with Gasteiger partial charge in [0, 0.05) is 18.2 Å². The molecule has 0 unspecified atom stereocenters. The van der Waals surface area contributed by atoms with Gasteiger partial charge in [-0.2, -0.15) is 0 Å². The van der Waals surface area contributed by atoms with Gasteiger partial charge in [0.1, 0.15) is 11.5 Å². The second-order valence-electron chi connectivity index (χ2n) is 6.74. The van der Waals surface area contributed by atoms with Crippen LogP contribution in [-0.2, 0) is 11.2 Å². The highest BCUT2D eigenvalue weighted by atomic mass is 16.3. The van der Waals surface area contributed by atoms with Crippen molar-refractivity contribution in [2.75, 3.05) is 6.54 Å². The maximum absolute atomic E-state index is 12.7. The number of hydrogen-bond acceptors (Lipinski definition) is 3. The second kappa shape index (κ2) is 10.1. The highest BCUT2D eigenvalue weighted by Gasteiger charge is 2.14. The van der Waals surface area contributed by atoms with Crippen LogP contribution in [0.25, 0.3) is 6.08 Å². The normalized spacial score (nSPS) is 11.1. The Morgan fingerprint density at radius 3 is 2.55 bits per heavy atom. The lowest BCUT2D eigenvalue weighted by Gasteiger charge is -2.11. The van der Waals surface area contributed by atoms with Crippen LogP contribution in [0.1, 0.15) is 33.7 Å². The van der Waals surface area contributed by atoms with E-state index >= 15 is 0 Å². The molecule has 0 radical (unpaired) electrons. The molecule has 148 valence electrons. The molecule has 0 bridgehead atoms. The summed E-state index contributed by atoms with van der Waals surface area (Å²) in [6.07, 6.45) is 4.71. The van der Waals surface area contributed by atoms with Crippen LogP contribution in [0, 0.1) is 6.92 Å². The van der Waals surface area contributed by atoms with E-state index in [-0.39, 0.29) is 17.5 Å². The van der Waals surface area contributed by atoms with E-state index in [4.69, 9.17) is 4.42 Å². The maximum atomic E-state index is 12.7. The van der Waals surface area contributed by atoms with Gasteiger partial charge < -0.3 is 15.1 Å². The quantitative estimate of drug-likeness (QED) is 0.451. The molecule has 5 heteroatoms. The van der Waals surface area contributed by atoms with E-state index in [1.807, 2.05) is 12.1 Å². The lowest BCUT2D eigenvalue weighted by Crippen LogP contribution is -2.35. The van der Waals surface area contributed by atoms with E-state index in [2.05, 4.69) is 35.8 Å². The van der Waals surface area contributed by atoms with E-state index in [1.54, 1.807) is 36.4 Å². The predicted octanol–water partition coefficient (Wildman–Crippen LogP) is 4.11. The summed E-state index contributed by atoms with van der Waals surface area (Å²) >= 11 is 0. The Labute approximate surface area is 170 Å². The van der Waals surface area contributed by atoms with Gasteiger partial charge in [-0.05, 0) is 49.6 Å². The third kappa shape index (κ3) is 6.21. The summed E-state index contributed by atoms with van der Waals surface area (Å²) in [5.41, 5.74) is 3.08. The highest BCUT2D eigenvalue weighted by Crippen LogP contribution is 2.09. The van der Waals surface area contributed by atoms with Crippen LogP contribution >= 0.6 is 0 Å². The van der Waals surface area contributed by atoms with Crippen molar-refractivity contribution < 1.29 is 14.0 Å². The number of furan rings is 1. The van der Waals surface area contributed by atoms with E-state index in [9.17, 15) is 9.59 Å². The van der Waals surface area contributed by atoms with Crippen molar-refractivity contribution in [1.29, 1.82) is 0 Å². The van der Waals surface area contributed by atoms with Gasteiger partial charge in [0.2, 0.25) is 0 Å². The predicted molar refractivity (Wildman–Crippen MR) is 113 cm³/mol. The molecule has 3 rings (SSSR count). The molecular weight excluding hydrogens is 364 g/mol. The summed E-state index contributed by atoms with van der Waals surface area (Å²) in [4.78, 5) is 25.1. The molecule has 0 aliphatic carbocycles. The largest absolute Gasteiger partial charge is 0.465 e. The first-order chi connectivity index (χ1) is 14.1. The molecule has 0 atom stereocenters. The SMILES string of the molecule is Cc1cccc(CCCNC(=O)/C(=C/c2ccco2)NC(=O)c2ccccc2)c1. The summed E-state index contributed by atoms with van der Waals surface area (Å²) in [6.45, 7) is 2.57. The summed E-state index contributed by atoms with van der Waals surface area (Å²) < 4.78 is 5.29. The van der Waals surface area contributed by atoms with Crippen LogP contribution in [0.2, 0.25) is 0 Å². The van der Waals surface area contributed by atoms with Crippen molar-refractivity contribution in [3.05, 3.63) is 101 Å². The number of rotatable bonds is 8. The summed E-state index contributed by atoms with van der Waals surface area (Å²) in [6, 6.07) is 20.5. The number of benzene rings is 2. The molecule has 0 aliphatic heterocycles. The molecule has 29 heavy (non-hydrogen) atoms. The Hall–Kier alpha value is -3.60. The molecule has 0 spiro atoms. The molecular formula is C24H24N2O3. The van der Waals surface area contributed by atoms with E-state index in [0.717, 1.165) is 12.8 Å². The Balaban J connectivity index is 1.61. The first-order valence-electron chi connectivity index (χ1n) is 9.57. The first-order valence-corrected chi connectivity index (χ1v) is 9.57. The average molecular weight is 388 g/mol. The van der Waals surface area contributed by atoms with Crippen molar-refractivity contribution in [3.8, 4) is 0 Å². The minimum Gasteiger partial charge on any atom is -0.465 e. The number of nitrogens with one attached hydrogen (secondary N) is 2. The van der Waals surface area contributed by atoms with E-state index in [1.165, 1.54) is 23.5 Å². The molecule has 1 aromatic heterocycles. The van der Waals surface area contributed by atoms with Crippen LogP contribution in [0.15, 0.2) is 83.1 Å². The second-order valence-corrected chi connectivity index (χ2v) is 6.74. The maximum Gasteiger partial charge on any atom is 0.267 e. The summed E-state index contributed by atoms with van der Waals surface area (Å²) in [5.74, 6) is -0.212. The van der Waals surface area contributed by atoms with Gasteiger partial charge in [-0.15, -0.1) is 0 Å². The van der Waals surface area contributed by atoms with Crippen LogP contribution in [0.5, 0.6) is 0 Å². The standard InChI is InChI=1S/C24H24N2O3/c1-18-8-5-9-19(16-18)10-6-14-25-24(28)22(17-21-13-7-15-29-21)26-23(27)20-11-3-2-4-12-20/h2-5,7-9,11-13,15-17H,6,10,14H2,1H3,(H,25,28)(H,26,27)/b22-17-. The topological polar surface area (TPSA) is 71.3 Å². The zero-order valence-corrected chi connectivity index (χ0v) is 16.4. The molecule has 5 nitrogen and oxygen atoms in total. The molecule has 2 aromatic carbocycles. The molecule has 1 heterocycles. The average Bonchev–Trinajstić information content (AvgIpc) is 3.24. The van der Waals surface area contributed by atoms with Gasteiger partial charge in [0.15, 0.2) is 0 Å². The number of carbonyl (C=O) groups excluding carboxylic acids is 2. The van der Waals surface area contributed by atoms with Gasteiger partial charge in [-0.1, -0.05) is 48.0 Å². The van der Waals surface area contributed by atoms with Gasteiger partial charge in [-0.3, -0.25) is 9.59 Å². The highest BCUT2D eigenvalue weighted by molar-refractivity contribution is 6.05. The Kier molecular flexibility index (Phi) is 7.00. The number of amides is 2. The Morgan fingerprint density at radius 1 is 1.00 bits per heavy atom. The minimum atomic E-state index is -0.352. The fourth-order valence-corrected chi connectivity index (χ4v) is 2.92. The Bertz CT molecular complexity index is 976. The lowest BCUT2D eigenvalue weighted by atomic mass is 10.1.